The van der Waals surface area contributed by atoms with E-state index in [0.717, 1.165) is 24.8 Å². The average Bonchev–Trinajstić information content (AvgIpc) is 2.92. The summed E-state index contributed by atoms with van der Waals surface area (Å²) >= 11 is 0. The summed E-state index contributed by atoms with van der Waals surface area (Å²) in [6.07, 6.45) is 2.65. The second-order valence-corrected chi connectivity index (χ2v) is 8.87. The number of carbonyl (C=O) groups is 1. The van der Waals surface area contributed by atoms with Crippen molar-refractivity contribution < 1.29 is 31.8 Å². The lowest BCUT2D eigenvalue weighted by molar-refractivity contribution is 0.0726. The molecular formula is C31H26F4O3. The minimum absolute atomic E-state index is 0.0110. The maximum atomic E-state index is 14.7. The molecule has 0 N–H and O–H groups in total. The van der Waals surface area contributed by atoms with Gasteiger partial charge in [-0.25, -0.2) is 13.6 Å². The lowest BCUT2D eigenvalue weighted by Crippen LogP contribution is -2.10. The van der Waals surface area contributed by atoms with Gasteiger partial charge in [0.05, 0.1) is 12.2 Å². The molecule has 0 unspecified atom stereocenters. The van der Waals surface area contributed by atoms with Gasteiger partial charge in [-0.2, -0.15) is 8.78 Å². The third kappa shape index (κ3) is 5.88. The maximum absolute atomic E-state index is 14.7. The van der Waals surface area contributed by atoms with Gasteiger partial charge in [0.15, 0.2) is 23.1 Å². The molecule has 196 valence electrons. The molecule has 4 rings (SSSR count). The van der Waals surface area contributed by atoms with Gasteiger partial charge in [0.2, 0.25) is 11.6 Å². The summed E-state index contributed by atoms with van der Waals surface area (Å²) in [5.74, 6) is -6.23. The Kier molecular flexibility index (Phi) is 8.46. The van der Waals surface area contributed by atoms with Crippen LogP contribution in [-0.2, 0) is 0 Å². The fourth-order valence-corrected chi connectivity index (χ4v) is 3.91. The predicted octanol–water partition coefficient (Wildman–Crippen LogP) is 8.67. The lowest BCUT2D eigenvalue weighted by Gasteiger charge is -2.11. The molecule has 0 saturated carbocycles. The summed E-state index contributed by atoms with van der Waals surface area (Å²) in [6.45, 7) is 4.20. The van der Waals surface area contributed by atoms with Crippen LogP contribution in [0.5, 0.6) is 11.5 Å². The van der Waals surface area contributed by atoms with E-state index in [1.165, 1.54) is 48.5 Å². The number of aryl methyl sites for hydroxylation is 1. The van der Waals surface area contributed by atoms with Crippen molar-refractivity contribution in [2.75, 3.05) is 6.61 Å². The Bertz CT molecular complexity index is 1430. The SMILES string of the molecule is CCCCCOc1ccc(-c2ccc(C(=O)Oc3ccc(-c4ccc(C)cc4)c(F)c3F)cc2)c(F)c1F. The van der Waals surface area contributed by atoms with Crippen molar-refractivity contribution >= 4 is 5.97 Å². The average molecular weight is 523 g/mol. The molecule has 0 bridgehead atoms. The minimum Gasteiger partial charge on any atom is -0.490 e. The summed E-state index contributed by atoms with van der Waals surface area (Å²) in [7, 11) is 0. The van der Waals surface area contributed by atoms with Crippen molar-refractivity contribution in [2.45, 2.75) is 33.1 Å². The van der Waals surface area contributed by atoms with E-state index in [1.807, 2.05) is 13.8 Å². The Morgan fingerprint density at radius 3 is 1.76 bits per heavy atom. The van der Waals surface area contributed by atoms with Crippen LogP contribution in [0.25, 0.3) is 22.3 Å². The maximum Gasteiger partial charge on any atom is 0.343 e. The van der Waals surface area contributed by atoms with Crippen LogP contribution in [0.4, 0.5) is 17.6 Å². The van der Waals surface area contributed by atoms with Gasteiger partial charge in [-0.15, -0.1) is 0 Å². The van der Waals surface area contributed by atoms with Gasteiger partial charge in [0.25, 0.3) is 0 Å². The molecule has 0 aliphatic heterocycles. The molecule has 0 radical (unpaired) electrons. The fourth-order valence-electron chi connectivity index (χ4n) is 3.91. The van der Waals surface area contributed by atoms with Crippen LogP contribution in [0.1, 0.15) is 42.1 Å². The Balaban J connectivity index is 1.48. The van der Waals surface area contributed by atoms with Crippen LogP contribution in [0.15, 0.2) is 72.8 Å². The normalized spacial score (nSPS) is 10.9. The highest BCUT2D eigenvalue weighted by Crippen LogP contribution is 2.32. The standard InChI is InChI=1S/C31H26F4O3/c1-3-4-5-18-37-25-16-14-23(27(32)29(25)34)21-10-12-22(13-11-21)31(36)38-26-17-15-24(28(33)30(26)35)20-8-6-19(2)7-9-20/h6-17H,3-5,18H2,1-2H3. The lowest BCUT2D eigenvalue weighted by atomic mass is 10.0. The first-order valence-corrected chi connectivity index (χ1v) is 12.3. The number of hydrogen-bond acceptors (Lipinski definition) is 3. The summed E-state index contributed by atoms with van der Waals surface area (Å²) in [4.78, 5) is 12.6. The Morgan fingerprint density at radius 1 is 0.658 bits per heavy atom. The molecule has 7 heteroatoms. The Labute approximate surface area is 218 Å². The largest absolute Gasteiger partial charge is 0.490 e. The van der Waals surface area contributed by atoms with Crippen LogP contribution in [0.2, 0.25) is 0 Å². The van der Waals surface area contributed by atoms with Gasteiger partial charge in [-0.1, -0.05) is 61.7 Å². The molecule has 0 amide bonds. The molecule has 4 aromatic rings. The highest BCUT2D eigenvalue weighted by atomic mass is 19.2. The summed E-state index contributed by atoms with van der Waals surface area (Å²) in [5, 5.41) is 0. The summed E-state index contributed by atoms with van der Waals surface area (Å²) < 4.78 is 69.0. The Hall–Kier alpha value is -4.13. The molecule has 0 spiro atoms. The van der Waals surface area contributed by atoms with E-state index >= 15 is 0 Å². The van der Waals surface area contributed by atoms with Crippen molar-refractivity contribution in [3.05, 3.63) is 107 Å². The molecule has 3 nitrogen and oxygen atoms in total. The third-order valence-electron chi connectivity index (χ3n) is 6.10. The van der Waals surface area contributed by atoms with Crippen molar-refractivity contribution in [1.29, 1.82) is 0 Å². The zero-order valence-corrected chi connectivity index (χ0v) is 21.0. The minimum atomic E-state index is -1.29. The van der Waals surface area contributed by atoms with E-state index in [-0.39, 0.29) is 22.4 Å². The molecule has 0 aromatic heterocycles. The third-order valence-corrected chi connectivity index (χ3v) is 6.10. The number of carbonyl (C=O) groups excluding carboxylic acids is 1. The first-order chi connectivity index (χ1) is 18.3. The zero-order chi connectivity index (χ0) is 27.2. The molecule has 0 fully saturated rings. The van der Waals surface area contributed by atoms with Crippen molar-refractivity contribution in [3.63, 3.8) is 0 Å². The first-order valence-electron chi connectivity index (χ1n) is 12.3. The van der Waals surface area contributed by atoms with Gasteiger partial charge in [0, 0.05) is 11.1 Å². The van der Waals surface area contributed by atoms with Crippen molar-refractivity contribution in [2.24, 2.45) is 0 Å². The van der Waals surface area contributed by atoms with E-state index < -0.39 is 35.0 Å². The van der Waals surface area contributed by atoms with Crippen molar-refractivity contribution in [1.82, 2.24) is 0 Å². The molecule has 0 aliphatic rings. The Morgan fingerprint density at radius 2 is 1.18 bits per heavy atom. The van der Waals surface area contributed by atoms with E-state index in [9.17, 15) is 22.4 Å². The number of ether oxygens (including phenoxy) is 2. The van der Waals surface area contributed by atoms with Crippen LogP contribution in [-0.4, -0.2) is 12.6 Å². The smallest absolute Gasteiger partial charge is 0.343 e. The molecule has 0 heterocycles. The number of hydrogen-bond donors (Lipinski definition) is 0. The summed E-state index contributed by atoms with van der Waals surface area (Å²) in [5.41, 5.74) is 1.83. The predicted molar refractivity (Wildman–Crippen MR) is 138 cm³/mol. The topological polar surface area (TPSA) is 35.5 Å². The highest BCUT2D eigenvalue weighted by Gasteiger charge is 2.20. The monoisotopic (exact) mass is 522 g/mol. The van der Waals surface area contributed by atoms with Crippen LogP contribution in [0.3, 0.4) is 0 Å². The van der Waals surface area contributed by atoms with Gasteiger partial charge >= 0.3 is 5.97 Å². The van der Waals surface area contributed by atoms with E-state index in [1.54, 1.807) is 24.3 Å². The second kappa shape index (κ2) is 11.9. The number of esters is 1. The van der Waals surface area contributed by atoms with Crippen molar-refractivity contribution in [3.8, 4) is 33.8 Å². The van der Waals surface area contributed by atoms with E-state index in [4.69, 9.17) is 9.47 Å². The first kappa shape index (κ1) is 26.9. The van der Waals surface area contributed by atoms with Crippen LogP contribution >= 0.6 is 0 Å². The fraction of sp³-hybridized carbons (Fsp3) is 0.194. The number of unbranched alkanes of at least 4 members (excludes halogenated alkanes) is 2. The quantitative estimate of drug-likeness (QED) is 0.0955. The molecule has 0 aliphatic carbocycles. The van der Waals surface area contributed by atoms with E-state index in [2.05, 4.69) is 0 Å². The van der Waals surface area contributed by atoms with Gasteiger partial charge in [-0.05, 0) is 60.9 Å². The summed E-state index contributed by atoms with van der Waals surface area (Å²) in [6, 6.07) is 17.7. The molecular weight excluding hydrogens is 496 g/mol. The van der Waals surface area contributed by atoms with Crippen LogP contribution in [0, 0.1) is 30.2 Å². The molecule has 0 atom stereocenters. The second-order valence-electron chi connectivity index (χ2n) is 8.87. The van der Waals surface area contributed by atoms with Gasteiger partial charge < -0.3 is 9.47 Å². The van der Waals surface area contributed by atoms with Gasteiger partial charge in [-0.3, -0.25) is 0 Å². The zero-order valence-electron chi connectivity index (χ0n) is 21.0. The molecule has 0 saturated heterocycles. The van der Waals surface area contributed by atoms with Gasteiger partial charge in [0.1, 0.15) is 0 Å². The highest BCUT2D eigenvalue weighted by molar-refractivity contribution is 5.91. The molecule has 38 heavy (non-hydrogen) atoms. The number of halogens is 4. The molecule has 4 aromatic carbocycles. The van der Waals surface area contributed by atoms with Crippen LogP contribution < -0.4 is 9.47 Å². The number of rotatable bonds is 9. The van der Waals surface area contributed by atoms with E-state index in [0.29, 0.717) is 17.7 Å². The number of benzene rings is 4.